The number of methoxy groups -OCH3 is 1. The Morgan fingerprint density at radius 1 is 0.925 bits per heavy atom. The summed E-state index contributed by atoms with van der Waals surface area (Å²) in [6.07, 6.45) is 4.47. The highest BCUT2D eigenvalue weighted by Crippen LogP contribution is 2.31. The van der Waals surface area contributed by atoms with Crippen molar-refractivity contribution in [3.8, 4) is 5.75 Å². The minimum Gasteiger partial charge on any atom is -0.495 e. The Morgan fingerprint density at radius 3 is 2.15 bits per heavy atom. The van der Waals surface area contributed by atoms with Crippen molar-refractivity contribution >= 4 is 49.1 Å². The first-order chi connectivity index (χ1) is 19.1. The summed E-state index contributed by atoms with van der Waals surface area (Å²) in [6, 6.07) is 17.5. The zero-order valence-electron chi connectivity index (χ0n) is 22.7. The summed E-state index contributed by atoms with van der Waals surface area (Å²) in [5.74, 6) is -0.404. The maximum absolute atomic E-state index is 13.7. The van der Waals surface area contributed by atoms with E-state index in [9.17, 15) is 21.6 Å². The van der Waals surface area contributed by atoms with Gasteiger partial charge in [-0.15, -0.1) is 11.8 Å². The molecule has 214 valence electrons. The molecule has 1 aliphatic rings. The van der Waals surface area contributed by atoms with E-state index in [4.69, 9.17) is 4.74 Å². The van der Waals surface area contributed by atoms with E-state index < -0.39 is 32.5 Å². The van der Waals surface area contributed by atoms with E-state index in [0.717, 1.165) is 34.0 Å². The van der Waals surface area contributed by atoms with Gasteiger partial charge in [0.1, 0.15) is 12.3 Å². The van der Waals surface area contributed by atoms with Gasteiger partial charge in [0.05, 0.1) is 28.3 Å². The molecule has 0 saturated carbocycles. The lowest BCUT2D eigenvalue weighted by molar-refractivity contribution is -0.114. The number of nitrogens with one attached hydrogen (secondary N) is 1. The number of amides is 1. The number of nitrogens with zero attached hydrogens (tertiary/aromatic N) is 2. The van der Waals surface area contributed by atoms with Gasteiger partial charge in [0.25, 0.3) is 10.0 Å². The Morgan fingerprint density at radius 2 is 1.55 bits per heavy atom. The van der Waals surface area contributed by atoms with Crippen LogP contribution in [0.25, 0.3) is 0 Å². The van der Waals surface area contributed by atoms with E-state index in [1.807, 2.05) is 13.2 Å². The van der Waals surface area contributed by atoms with Gasteiger partial charge in [-0.2, -0.15) is 4.31 Å². The maximum Gasteiger partial charge on any atom is 0.264 e. The standard InChI is InChI=1S/C28H33N3O6S3/c1-21-7-9-22(10-8-21)31(40(35,36)24-13-11-23(38-3)12-14-24)20-28(32)29-26-19-25(15-16-27(26)37-2)39(33,34)30-17-5-4-6-18-30/h7-16,19H,4-6,17-18,20H2,1-3H3,(H,29,32). The van der Waals surface area contributed by atoms with Gasteiger partial charge in [0.15, 0.2) is 0 Å². The van der Waals surface area contributed by atoms with Gasteiger partial charge in [-0.1, -0.05) is 24.1 Å². The van der Waals surface area contributed by atoms with Gasteiger partial charge in [-0.05, 0) is 80.6 Å². The van der Waals surface area contributed by atoms with Crippen LogP contribution in [-0.4, -0.2) is 60.0 Å². The van der Waals surface area contributed by atoms with Crippen LogP contribution in [0.1, 0.15) is 24.8 Å². The monoisotopic (exact) mass is 603 g/mol. The van der Waals surface area contributed by atoms with Crippen molar-refractivity contribution in [1.29, 1.82) is 0 Å². The number of rotatable bonds is 10. The molecule has 0 unspecified atom stereocenters. The number of sulfonamides is 2. The minimum absolute atomic E-state index is 0.0300. The fraction of sp³-hybridized carbons (Fsp3) is 0.321. The molecule has 0 radical (unpaired) electrons. The van der Waals surface area contributed by atoms with Crippen LogP contribution in [0.2, 0.25) is 0 Å². The third-order valence-electron chi connectivity index (χ3n) is 6.65. The number of anilines is 2. The number of carbonyl (C=O) groups excluding carboxylic acids is 1. The Hall–Kier alpha value is -3.06. The van der Waals surface area contributed by atoms with E-state index in [1.165, 1.54) is 53.5 Å². The third kappa shape index (κ3) is 6.63. The molecule has 1 N–H and O–H groups in total. The molecule has 3 aromatic rings. The molecule has 9 nitrogen and oxygen atoms in total. The van der Waals surface area contributed by atoms with Crippen molar-refractivity contribution < 1.29 is 26.4 Å². The summed E-state index contributed by atoms with van der Waals surface area (Å²) >= 11 is 1.49. The molecule has 40 heavy (non-hydrogen) atoms. The lowest BCUT2D eigenvalue weighted by Gasteiger charge is -2.26. The highest BCUT2D eigenvalue weighted by Gasteiger charge is 2.29. The second kappa shape index (κ2) is 12.6. The van der Waals surface area contributed by atoms with Crippen LogP contribution in [0, 0.1) is 6.92 Å². The van der Waals surface area contributed by atoms with Crippen molar-refractivity contribution in [2.24, 2.45) is 0 Å². The van der Waals surface area contributed by atoms with E-state index in [0.29, 0.717) is 18.8 Å². The fourth-order valence-corrected chi connectivity index (χ4v) is 7.79. The average molecular weight is 604 g/mol. The van der Waals surface area contributed by atoms with Crippen LogP contribution in [-0.2, 0) is 24.8 Å². The molecular weight excluding hydrogens is 571 g/mol. The van der Waals surface area contributed by atoms with E-state index in [-0.39, 0.29) is 21.2 Å². The quantitative estimate of drug-likeness (QED) is 0.333. The fourth-order valence-electron chi connectivity index (χ4n) is 4.42. The van der Waals surface area contributed by atoms with Crippen LogP contribution in [0.4, 0.5) is 11.4 Å². The second-order valence-corrected chi connectivity index (χ2v) is 14.1. The molecule has 3 aromatic carbocycles. The zero-order chi connectivity index (χ0) is 28.9. The summed E-state index contributed by atoms with van der Waals surface area (Å²) in [4.78, 5) is 14.3. The lowest BCUT2D eigenvalue weighted by atomic mass is 10.2. The zero-order valence-corrected chi connectivity index (χ0v) is 25.1. The average Bonchev–Trinajstić information content (AvgIpc) is 2.97. The number of piperidine rings is 1. The number of aryl methyl sites for hydroxylation is 1. The van der Waals surface area contributed by atoms with Crippen LogP contribution in [0.15, 0.2) is 81.4 Å². The summed E-state index contributed by atoms with van der Waals surface area (Å²) in [6.45, 7) is 2.23. The van der Waals surface area contributed by atoms with E-state index in [2.05, 4.69) is 5.32 Å². The lowest BCUT2D eigenvalue weighted by Crippen LogP contribution is -2.38. The Labute approximate surface area is 240 Å². The number of hydrogen-bond acceptors (Lipinski definition) is 7. The molecule has 12 heteroatoms. The molecule has 0 atom stereocenters. The second-order valence-electron chi connectivity index (χ2n) is 9.40. The van der Waals surface area contributed by atoms with E-state index >= 15 is 0 Å². The van der Waals surface area contributed by atoms with Gasteiger partial charge in [-0.3, -0.25) is 9.10 Å². The van der Waals surface area contributed by atoms with Crippen LogP contribution >= 0.6 is 11.8 Å². The van der Waals surface area contributed by atoms with Gasteiger partial charge in [0, 0.05) is 18.0 Å². The first kappa shape index (κ1) is 29.9. The molecule has 0 aliphatic carbocycles. The van der Waals surface area contributed by atoms with Gasteiger partial charge >= 0.3 is 0 Å². The van der Waals surface area contributed by atoms with Crippen LogP contribution in [0.5, 0.6) is 5.75 Å². The molecule has 1 saturated heterocycles. The first-order valence-electron chi connectivity index (χ1n) is 12.8. The molecule has 0 aromatic heterocycles. The van der Waals surface area contributed by atoms with Crippen LogP contribution < -0.4 is 14.4 Å². The molecule has 0 spiro atoms. The third-order valence-corrected chi connectivity index (χ3v) is 11.1. The molecule has 4 rings (SSSR count). The van der Waals surface area contributed by atoms with E-state index in [1.54, 1.807) is 36.4 Å². The van der Waals surface area contributed by atoms with Crippen molar-refractivity contribution in [1.82, 2.24) is 4.31 Å². The van der Waals surface area contributed by atoms with Gasteiger partial charge in [-0.25, -0.2) is 16.8 Å². The topological polar surface area (TPSA) is 113 Å². The normalized spacial score (nSPS) is 14.5. The van der Waals surface area contributed by atoms with Crippen molar-refractivity contribution in [3.05, 3.63) is 72.3 Å². The van der Waals surface area contributed by atoms with Crippen molar-refractivity contribution in [3.63, 3.8) is 0 Å². The summed E-state index contributed by atoms with van der Waals surface area (Å²) in [7, 11) is -6.47. The van der Waals surface area contributed by atoms with Gasteiger partial charge < -0.3 is 10.1 Å². The van der Waals surface area contributed by atoms with Crippen molar-refractivity contribution in [2.75, 3.05) is 42.6 Å². The number of carbonyl (C=O) groups is 1. The molecule has 0 bridgehead atoms. The number of benzene rings is 3. The SMILES string of the molecule is COc1ccc(S(=O)(=O)N2CCCCC2)cc1NC(=O)CN(c1ccc(C)cc1)S(=O)(=O)c1ccc(SC)cc1. The predicted molar refractivity (Wildman–Crippen MR) is 158 cm³/mol. The Balaban J connectivity index is 1.64. The Kier molecular flexibility index (Phi) is 9.44. The molecule has 1 heterocycles. The number of thioether (sulfide) groups is 1. The molecule has 1 amide bonds. The minimum atomic E-state index is -4.11. The highest BCUT2D eigenvalue weighted by atomic mass is 32.2. The van der Waals surface area contributed by atoms with Crippen molar-refractivity contribution in [2.45, 2.75) is 40.9 Å². The molecule has 1 fully saturated rings. The summed E-state index contributed by atoms with van der Waals surface area (Å²) in [5, 5.41) is 2.67. The Bertz CT molecular complexity index is 1550. The smallest absolute Gasteiger partial charge is 0.264 e. The highest BCUT2D eigenvalue weighted by molar-refractivity contribution is 7.98. The predicted octanol–water partition coefficient (Wildman–Crippen LogP) is 4.73. The summed E-state index contributed by atoms with van der Waals surface area (Å²) < 4.78 is 61.7. The van der Waals surface area contributed by atoms with Gasteiger partial charge in [0.2, 0.25) is 15.9 Å². The van der Waals surface area contributed by atoms with Crippen LogP contribution in [0.3, 0.4) is 0 Å². The first-order valence-corrected chi connectivity index (χ1v) is 16.9. The molecule has 1 aliphatic heterocycles. The summed E-state index contributed by atoms with van der Waals surface area (Å²) in [5.41, 5.74) is 1.39. The maximum atomic E-state index is 13.7. The number of hydrogen-bond donors (Lipinski definition) is 1. The molecular formula is C28H33N3O6S3. The largest absolute Gasteiger partial charge is 0.495 e. The number of ether oxygens (including phenoxy) is 1.